The summed E-state index contributed by atoms with van der Waals surface area (Å²) in [5.74, 6) is 0. The zero-order chi connectivity index (χ0) is 14.7. The zero-order valence-corrected chi connectivity index (χ0v) is 13.1. The SMILES string of the molecule is CCCCNC(=S)Nc1ccc2c(c1)Cc1ccccc1-2. The van der Waals surface area contributed by atoms with Gasteiger partial charge in [-0.25, -0.2) is 0 Å². The number of rotatable bonds is 4. The van der Waals surface area contributed by atoms with Crippen LogP contribution >= 0.6 is 12.2 Å². The quantitative estimate of drug-likeness (QED) is 0.553. The van der Waals surface area contributed by atoms with Crippen LogP contribution in [0.2, 0.25) is 0 Å². The van der Waals surface area contributed by atoms with E-state index in [1.165, 1.54) is 28.7 Å². The van der Waals surface area contributed by atoms with Gasteiger partial charge in [-0.2, -0.15) is 0 Å². The highest BCUT2D eigenvalue weighted by Gasteiger charge is 2.17. The summed E-state index contributed by atoms with van der Waals surface area (Å²) in [6.07, 6.45) is 3.32. The van der Waals surface area contributed by atoms with E-state index in [9.17, 15) is 0 Å². The van der Waals surface area contributed by atoms with Crippen LogP contribution in [0.1, 0.15) is 30.9 Å². The lowest BCUT2D eigenvalue weighted by atomic mass is 10.1. The Hall–Kier alpha value is -1.87. The number of nitrogens with one attached hydrogen (secondary N) is 2. The van der Waals surface area contributed by atoms with Gasteiger partial charge in [0.25, 0.3) is 0 Å². The third kappa shape index (κ3) is 3.08. The van der Waals surface area contributed by atoms with E-state index >= 15 is 0 Å². The van der Waals surface area contributed by atoms with E-state index in [4.69, 9.17) is 12.2 Å². The first-order chi connectivity index (χ1) is 10.3. The number of thiocarbonyl (C=S) groups is 1. The van der Waals surface area contributed by atoms with Gasteiger partial charge in [0.2, 0.25) is 0 Å². The number of anilines is 1. The maximum absolute atomic E-state index is 5.32. The Balaban J connectivity index is 1.71. The van der Waals surface area contributed by atoms with Crippen LogP contribution in [0.15, 0.2) is 42.5 Å². The second kappa shape index (κ2) is 6.27. The van der Waals surface area contributed by atoms with E-state index in [2.05, 4.69) is 60.0 Å². The van der Waals surface area contributed by atoms with Gasteiger partial charge in [-0.1, -0.05) is 43.7 Å². The number of benzene rings is 2. The first-order valence-electron chi connectivity index (χ1n) is 7.54. The lowest BCUT2D eigenvalue weighted by Gasteiger charge is -2.11. The largest absolute Gasteiger partial charge is 0.362 e. The molecule has 0 atom stereocenters. The molecule has 0 bridgehead atoms. The summed E-state index contributed by atoms with van der Waals surface area (Å²) in [4.78, 5) is 0. The van der Waals surface area contributed by atoms with Crippen LogP contribution < -0.4 is 10.6 Å². The fourth-order valence-corrected chi connectivity index (χ4v) is 3.00. The third-order valence-electron chi connectivity index (χ3n) is 3.87. The lowest BCUT2D eigenvalue weighted by molar-refractivity contribution is 0.758. The minimum atomic E-state index is 0.707. The molecule has 1 aliphatic rings. The van der Waals surface area contributed by atoms with Crippen LogP contribution in [0.25, 0.3) is 11.1 Å². The van der Waals surface area contributed by atoms with Gasteiger partial charge in [0.1, 0.15) is 0 Å². The van der Waals surface area contributed by atoms with Crippen LogP contribution in [0.5, 0.6) is 0 Å². The summed E-state index contributed by atoms with van der Waals surface area (Å²) in [5.41, 5.74) is 6.56. The summed E-state index contributed by atoms with van der Waals surface area (Å²) in [5, 5.41) is 7.22. The Morgan fingerprint density at radius 2 is 1.90 bits per heavy atom. The Morgan fingerprint density at radius 3 is 2.76 bits per heavy atom. The highest BCUT2D eigenvalue weighted by molar-refractivity contribution is 7.80. The number of fused-ring (bicyclic) bond motifs is 3. The minimum Gasteiger partial charge on any atom is -0.362 e. The molecule has 0 amide bonds. The average Bonchev–Trinajstić information content (AvgIpc) is 2.85. The van der Waals surface area contributed by atoms with Gasteiger partial charge in [-0.05, 0) is 59.4 Å². The molecule has 0 saturated heterocycles. The van der Waals surface area contributed by atoms with Crippen molar-refractivity contribution in [3.8, 4) is 11.1 Å². The van der Waals surface area contributed by atoms with E-state index < -0.39 is 0 Å². The fourth-order valence-electron chi connectivity index (χ4n) is 2.78. The molecule has 21 heavy (non-hydrogen) atoms. The van der Waals surface area contributed by atoms with E-state index in [0.717, 1.165) is 25.1 Å². The monoisotopic (exact) mass is 296 g/mol. The number of unbranched alkanes of at least 4 members (excludes halogenated alkanes) is 1. The molecule has 2 nitrogen and oxygen atoms in total. The molecule has 0 spiro atoms. The molecule has 0 saturated carbocycles. The van der Waals surface area contributed by atoms with Crippen molar-refractivity contribution < 1.29 is 0 Å². The van der Waals surface area contributed by atoms with Crippen LogP contribution in [0.4, 0.5) is 5.69 Å². The molecule has 0 unspecified atom stereocenters. The standard InChI is InChI=1S/C18H20N2S/c1-2-3-10-19-18(21)20-15-8-9-17-14(12-15)11-13-6-4-5-7-16(13)17/h4-9,12H,2-3,10-11H2,1H3,(H2,19,20,21). The molecule has 108 valence electrons. The van der Waals surface area contributed by atoms with Crippen molar-refractivity contribution in [1.82, 2.24) is 5.32 Å². The van der Waals surface area contributed by atoms with Crippen LogP contribution in [-0.4, -0.2) is 11.7 Å². The van der Waals surface area contributed by atoms with Crippen molar-refractivity contribution in [2.24, 2.45) is 0 Å². The summed E-state index contributed by atoms with van der Waals surface area (Å²) in [6.45, 7) is 3.11. The molecular formula is C18H20N2S. The van der Waals surface area contributed by atoms with Crippen LogP contribution in [0.3, 0.4) is 0 Å². The predicted octanol–water partition coefficient (Wildman–Crippen LogP) is 4.34. The Bertz CT molecular complexity index is 664. The van der Waals surface area contributed by atoms with Gasteiger partial charge in [0.05, 0.1) is 0 Å². The average molecular weight is 296 g/mol. The van der Waals surface area contributed by atoms with Crippen molar-refractivity contribution in [2.75, 3.05) is 11.9 Å². The van der Waals surface area contributed by atoms with Crippen molar-refractivity contribution in [3.63, 3.8) is 0 Å². The van der Waals surface area contributed by atoms with Crippen molar-refractivity contribution in [1.29, 1.82) is 0 Å². The fraction of sp³-hybridized carbons (Fsp3) is 0.278. The highest BCUT2D eigenvalue weighted by atomic mass is 32.1. The molecule has 2 N–H and O–H groups in total. The summed E-state index contributed by atoms with van der Waals surface area (Å²) in [7, 11) is 0. The van der Waals surface area contributed by atoms with Crippen molar-refractivity contribution >= 4 is 23.0 Å². The van der Waals surface area contributed by atoms with Crippen LogP contribution in [-0.2, 0) is 6.42 Å². The van der Waals surface area contributed by atoms with E-state index in [1.54, 1.807) is 0 Å². The second-order valence-corrected chi connectivity index (χ2v) is 5.85. The molecule has 2 aromatic carbocycles. The molecule has 0 aromatic heterocycles. The topological polar surface area (TPSA) is 24.1 Å². The maximum Gasteiger partial charge on any atom is 0.170 e. The Kier molecular flexibility index (Phi) is 4.20. The molecule has 0 radical (unpaired) electrons. The maximum atomic E-state index is 5.32. The smallest absolute Gasteiger partial charge is 0.170 e. The zero-order valence-electron chi connectivity index (χ0n) is 12.3. The predicted molar refractivity (Wildman–Crippen MR) is 93.8 cm³/mol. The molecule has 2 aromatic rings. The van der Waals surface area contributed by atoms with Gasteiger partial charge in [0, 0.05) is 12.2 Å². The second-order valence-electron chi connectivity index (χ2n) is 5.44. The van der Waals surface area contributed by atoms with Crippen LogP contribution in [0, 0.1) is 0 Å². The van der Waals surface area contributed by atoms with E-state index in [-0.39, 0.29) is 0 Å². The lowest BCUT2D eigenvalue weighted by Crippen LogP contribution is -2.29. The molecule has 0 fully saturated rings. The van der Waals surface area contributed by atoms with Gasteiger partial charge >= 0.3 is 0 Å². The van der Waals surface area contributed by atoms with E-state index in [1.807, 2.05) is 0 Å². The Labute approximate surface area is 131 Å². The molecule has 0 heterocycles. The number of hydrogen-bond donors (Lipinski definition) is 2. The molecule has 1 aliphatic carbocycles. The minimum absolute atomic E-state index is 0.707. The summed E-state index contributed by atoms with van der Waals surface area (Å²) >= 11 is 5.32. The van der Waals surface area contributed by atoms with Crippen molar-refractivity contribution in [2.45, 2.75) is 26.2 Å². The third-order valence-corrected chi connectivity index (χ3v) is 4.11. The highest BCUT2D eigenvalue weighted by Crippen LogP contribution is 2.37. The summed E-state index contributed by atoms with van der Waals surface area (Å²) < 4.78 is 0. The number of hydrogen-bond acceptors (Lipinski definition) is 1. The molecule has 3 rings (SSSR count). The molecule has 0 aliphatic heterocycles. The first kappa shape index (κ1) is 14.1. The molecule has 3 heteroatoms. The van der Waals surface area contributed by atoms with Gasteiger partial charge in [-0.3, -0.25) is 0 Å². The summed E-state index contributed by atoms with van der Waals surface area (Å²) in [6, 6.07) is 15.1. The van der Waals surface area contributed by atoms with E-state index in [0.29, 0.717) is 5.11 Å². The van der Waals surface area contributed by atoms with Gasteiger partial charge < -0.3 is 10.6 Å². The Morgan fingerprint density at radius 1 is 1.10 bits per heavy atom. The van der Waals surface area contributed by atoms with Crippen molar-refractivity contribution in [3.05, 3.63) is 53.6 Å². The first-order valence-corrected chi connectivity index (χ1v) is 7.95. The normalized spacial score (nSPS) is 11.7. The molecular weight excluding hydrogens is 276 g/mol. The van der Waals surface area contributed by atoms with Gasteiger partial charge in [-0.15, -0.1) is 0 Å². The van der Waals surface area contributed by atoms with Gasteiger partial charge in [0.15, 0.2) is 5.11 Å².